The molecule has 2 rings (SSSR count). The van der Waals surface area contributed by atoms with Crippen molar-refractivity contribution < 1.29 is 44.2 Å². The van der Waals surface area contributed by atoms with E-state index in [9.17, 15) is 25.2 Å². The predicted molar refractivity (Wildman–Crippen MR) is 156 cm³/mol. The molecule has 0 spiro atoms. The number of esters is 1. The third-order valence-electron chi connectivity index (χ3n) is 10.3. The van der Waals surface area contributed by atoms with Crippen molar-refractivity contribution in [2.75, 3.05) is 20.7 Å². The third-order valence-corrected chi connectivity index (χ3v) is 10.3. The maximum Gasteiger partial charge on any atom is 0.311 e. The summed E-state index contributed by atoms with van der Waals surface area (Å²) in [6.07, 6.45) is -4.07. The van der Waals surface area contributed by atoms with Gasteiger partial charge in [-0.2, -0.15) is 0 Å². The molecule has 2 fully saturated rings. The quantitative estimate of drug-likeness (QED) is 0.362. The number of rotatable bonds is 4. The fourth-order valence-electron chi connectivity index (χ4n) is 6.85. The van der Waals surface area contributed by atoms with E-state index in [1.807, 2.05) is 39.6 Å². The molecular formula is C31H59NO9. The molecule has 0 radical (unpaired) electrons. The highest BCUT2D eigenvalue weighted by molar-refractivity contribution is 5.73. The van der Waals surface area contributed by atoms with Crippen LogP contribution < -0.4 is 0 Å². The molecule has 2 aliphatic rings. The molecule has 0 saturated carbocycles. The molecule has 0 aromatic carbocycles. The first kappa shape index (κ1) is 36.3. The summed E-state index contributed by atoms with van der Waals surface area (Å²) in [6.45, 7) is 18.8. The Balaban J connectivity index is 2.53. The van der Waals surface area contributed by atoms with Gasteiger partial charge in [-0.3, -0.25) is 4.79 Å². The molecule has 10 nitrogen and oxygen atoms in total. The van der Waals surface area contributed by atoms with Gasteiger partial charge in [0.05, 0.1) is 29.3 Å². The van der Waals surface area contributed by atoms with E-state index < -0.39 is 71.5 Å². The summed E-state index contributed by atoms with van der Waals surface area (Å²) in [5.74, 6) is -1.90. The molecule has 1 unspecified atom stereocenters. The van der Waals surface area contributed by atoms with E-state index in [0.717, 1.165) is 0 Å². The number of ether oxygens (including phenoxy) is 4. The Labute approximate surface area is 247 Å². The Morgan fingerprint density at radius 3 is 2.12 bits per heavy atom. The minimum absolute atomic E-state index is 0.0671. The van der Waals surface area contributed by atoms with Crippen molar-refractivity contribution in [1.29, 1.82) is 0 Å². The van der Waals surface area contributed by atoms with Crippen LogP contribution >= 0.6 is 0 Å². The summed E-state index contributed by atoms with van der Waals surface area (Å²) in [7, 11) is 3.42. The van der Waals surface area contributed by atoms with Gasteiger partial charge in [0.2, 0.25) is 0 Å². The van der Waals surface area contributed by atoms with E-state index in [1.165, 1.54) is 14.0 Å². The molecule has 41 heavy (non-hydrogen) atoms. The molecule has 0 aliphatic carbocycles. The third kappa shape index (κ3) is 8.01. The molecule has 0 bridgehead atoms. The zero-order valence-electron chi connectivity index (χ0n) is 27.5. The molecule has 0 amide bonds. The van der Waals surface area contributed by atoms with Crippen LogP contribution in [0.4, 0.5) is 0 Å². The summed E-state index contributed by atoms with van der Waals surface area (Å²) >= 11 is 0. The van der Waals surface area contributed by atoms with Crippen LogP contribution in [0.1, 0.15) is 88.5 Å². The van der Waals surface area contributed by atoms with E-state index in [1.54, 1.807) is 27.7 Å². The van der Waals surface area contributed by atoms with Crippen LogP contribution in [0.15, 0.2) is 0 Å². The normalized spacial score (nSPS) is 50.0. The summed E-state index contributed by atoms with van der Waals surface area (Å²) in [6, 6.07) is -0.434. The first-order valence-corrected chi connectivity index (χ1v) is 15.3. The Morgan fingerprint density at radius 1 is 1.00 bits per heavy atom. The molecule has 2 saturated heterocycles. The van der Waals surface area contributed by atoms with Crippen molar-refractivity contribution in [3.63, 3.8) is 0 Å². The number of nitrogens with zero attached hydrogens (tertiary/aromatic N) is 1. The van der Waals surface area contributed by atoms with Crippen LogP contribution in [0.5, 0.6) is 0 Å². The number of aliphatic hydroxyl groups is 4. The van der Waals surface area contributed by atoms with Gasteiger partial charge in [-0.05, 0) is 79.2 Å². The van der Waals surface area contributed by atoms with Crippen LogP contribution in [-0.4, -0.2) is 112 Å². The number of carbonyl (C=O) groups excluding carboxylic acids is 1. The Hall–Kier alpha value is -0.850. The number of hydrogen-bond donors (Lipinski definition) is 4. The molecule has 10 heteroatoms. The van der Waals surface area contributed by atoms with Gasteiger partial charge in [-0.25, -0.2) is 0 Å². The van der Waals surface area contributed by atoms with Crippen LogP contribution in [0.3, 0.4) is 0 Å². The lowest BCUT2D eigenvalue weighted by Gasteiger charge is -2.47. The van der Waals surface area contributed by atoms with Crippen molar-refractivity contribution >= 4 is 5.97 Å². The average molecular weight is 590 g/mol. The van der Waals surface area contributed by atoms with Crippen molar-refractivity contribution in [3.05, 3.63) is 0 Å². The second-order valence-electron chi connectivity index (χ2n) is 13.8. The minimum Gasteiger partial charge on any atom is -0.459 e. The maximum atomic E-state index is 13.7. The Bertz CT molecular complexity index is 853. The van der Waals surface area contributed by atoms with Crippen LogP contribution in [0.2, 0.25) is 0 Å². The lowest BCUT2D eigenvalue weighted by atomic mass is 9.72. The molecule has 2 heterocycles. The van der Waals surface area contributed by atoms with Crippen LogP contribution in [-0.2, 0) is 23.7 Å². The standard InChI is InChI=1S/C31H59NO9/c1-13-23-31(10,37)26(33)21(6)32(11)16-17(2)14-29(8,36)20(5)18(3)25(19(4)28(35)40-23)41-24-15-30(9,38-12)27(34)22(7)39-24/h17-27,33-34,36-37H,13-16H2,1-12H3/t17-,18-,19?,20-,21-,22+,23-,24+,25+,26-,27+,29-,30-,31-/m1/s1. The van der Waals surface area contributed by atoms with Crippen molar-refractivity contribution in [2.45, 2.75) is 148 Å². The van der Waals surface area contributed by atoms with E-state index in [2.05, 4.69) is 6.92 Å². The highest BCUT2D eigenvalue weighted by Crippen LogP contribution is 2.39. The highest BCUT2D eigenvalue weighted by Gasteiger charge is 2.50. The lowest BCUT2D eigenvalue weighted by molar-refractivity contribution is -0.298. The fourth-order valence-corrected chi connectivity index (χ4v) is 6.85. The molecular weight excluding hydrogens is 530 g/mol. The first-order valence-electron chi connectivity index (χ1n) is 15.3. The molecule has 0 aromatic rings. The average Bonchev–Trinajstić information content (AvgIpc) is 2.89. The van der Waals surface area contributed by atoms with Gasteiger partial charge in [0.25, 0.3) is 0 Å². The zero-order valence-corrected chi connectivity index (χ0v) is 27.5. The van der Waals surface area contributed by atoms with Gasteiger partial charge in [0.15, 0.2) is 6.29 Å². The molecule has 0 aromatic heterocycles. The summed E-state index contributed by atoms with van der Waals surface area (Å²) in [4.78, 5) is 15.7. The van der Waals surface area contributed by atoms with Gasteiger partial charge in [-0.1, -0.05) is 27.7 Å². The second-order valence-corrected chi connectivity index (χ2v) is 13.8. The topological polar surface area (TPSA) is 138 Å². The SMILES string of the molecule is CC[C@H]1OC(=O)C(C)[C@@H](O[C@H]2C[C@@](C)(OC)[C@@H](O)[C@H](C)O2)[C@H](C)[C@@H](C)[C@](C)(O)C[C@@H](C)CN(C)[C@H](C)[C@@H](O)[C@]1(C)O. The number of methoxy groups -OCH3 is 1. The van der Waals surface area contributed by atoms with E-state index in [4.69, 9.17) is 18.9 Å². The van der Waals surface area contributed by atoms with Crippen molar-refractivity contribution in [1.82, 2.24) is 4.90 Å². The maximum absolute atomic E-state index is 13.7. The Kier molecular flexibility index (Phi) is 12.3. The molecule has 242 valence electrons. The molecule has 2 aliphatic heterocycles. The van der Waals surface area contributed by atoms with Gasteiger partial charge in [-0.15, -0.1) is 0 Å². The van der Waals surface area contributed by atoms with Gasteiger partial charge in [0, 0.05) is 26.1 Å². The summed E-state index contributed by atoms with van der Waals surface area (Å²) < 4.78 is 24.1. The highest BCUT2D eigenvalue weighted by atomic mass is 16.7. The van der Waals surface area contributed by atoms with Crippen LogP contribution in [0.25, 0.3) is 0 Å². The predicted octanol–water partition coefficient (Wildman–Crippen LogP) is 2.73. The monoisotopic (exact) mass is 589 g/mol. The van der Waals surface area contributed by atoms with E-state index in [0.29, 0.717) is 19.4 Å². The Morgan fingerprint density at radius 2 is 1.59 bits per heavy atom. The van der Waals surface area contributed by atoms with Crippen molar-refractivity contribution in [3.8, 4) is 0 Å². The smallest absolute Gasteiger partial charge is 0.311 e. The van der Waals surface area contributed by atoms with Gasteiger partial charge < -0.3 is 44.3 Å². The number of cyclic esters (lactones) is 1. The van der Waals surface area contributed by atoms with E-state index in [-0.39, 0.29) is 24.2 Å². The summed E-state index contributed by atoms with van der Waals surface area (Å²) in [5, 5.41) is 45.1. The number of likely N-dealkylation sites (N-methyl/N-ethyl adjacent to an activating group) is 1. The van der Waals surface area contributed by atoms with Gasteiger partial charge >= 0.3 is 5.97 Å². The fraction of sp³-hybridized carbons (Fsp3) is 0.968. The van der Waals surface area contributed by atoms with Crippen LogP contribution in [0, 0.1) is 23.7 Å². The number of hydrogen-bond acceptors (Lipinski definition) is 10. The zero-order chi connectivity index (χ0) is 31.7. The first-order chi connectivity index (χ1) is 18.7. The molecule has 14 atom stereocenters. The number of aliphatic hydroxyl groups excluding tert-OH is 2. The minimum atomic E-state index is -1.71. The van der Waals surface area contributed by atoms with E-state index >= 15 is 0 Å². The summed E-state index contributed by atoms with van der Waals surface area (Å²) in [5.41, 5.74) is -3.71. The molecule has 4 N–H and O–H groups in total. The second kappa shape index (κ2) is 13.8. The van der Waals surface area contributed by atoms with Crippen molar-refractivity contribution in [2.24, 2.45) is 23.7 Å². The largest absolute Gasteiger partial charge is 0.459 e. The van der Waals surface area contributed by atoms with Gasteiger partial charge in [0.1, 0.15) is 23.9 Å². The lowest BCUT2D eigenvalue weighted by Crippen LogP contribution is -2.59. The number of carbonyl (C=O) groups is 1.